The first kappa shape index (κ1) is 17.4. The highest BCUT2D eigenvalue weighted by atomic mass is 16.5. The second-order valence-electron chi connectivity index (χ2n) is 4.90. The summed E-state index contributed by atoms with van der Waals surface area (Å²) >= 11 is 0. The molecule has 0 heterocycles. The molecule has 1 atom stereocenters. The molecule has 0 rings (SSSR count). The third-order valence-electron chi connectivity index (χ3n) is 3.38. The Bertz CT molecular complexity index is 236. The molecule has 0 aromatic rings. The summed E-state index contributed by atoms with van der Waals surface area (Å²) in [4.78, 5) is 13.5. The summed E-state index contributed by atoms with van der Waals surface area (Å²) in [6, 6.07) is 0. The molecule has 108 valence electrons. The zero-order valence-corrected chi connectivity index (χ0v) is 12.3. The molecule has 0 aromatic carbocycles. The van der Waals surface area contributed by atoms with E-state index >= 15 is 0 Å². The summed E-state index contributed by atoms with van der Waals surface area (Å²) in [6.45, 7) is 7.38. The van der Waals surface area contributed by atoms with Crippen LogP contribution in [0.25, 0.3) is 0 Å². The minimum Gasteiger partial charge on any atom is -0.380 e. The first-order valence-electron chi connectivity index (χ1n) is 6.71. The number of primary amides is 1. The van der Waals surface area contributed by atoms with Crippen molar-refractivity contribution in [3.63, 3.8) is 0 Å². The number of carbonyl (C=O) groups excluding carboxylic acids is 1. The summed E-state index contributed by atoms with van der Waals surface area (Å²) in [5.41, 5.74) is 4.80. The quantitative estimate of drug-likeness (QED) is 0.533. The van der Waals surface area contributed by atoms with Crippen LogP contribution in [0.3, 0.4) is 0 Å². The molecular weight excluding hydrogens is 230 g/mol. The molecule has 0 aliphatic rings. The highest BCUT2D eigenvalue weighted by Gasteiger charge is 2.27. The SMILES string of the molecule is CCOCCN(C)CCCCC(C)(NC)C(N)=O. The Balaban J connectivity index is 3.69. The van der Waals surface area contributed by atoms with E-state index in [2.05, 4.69) is 17.3 Å². The molecule has 0 radical (unpaired) electrons. The number of nitrogens with zero attached hydrogens (tertiary/aromatic N) is 1. The van der Waals surface area contributed by atoms with Gasteiger partial charge >= 0.3 is 0 Å². The number of hydrogen-bond acceptors (Lipinski definition) is 4. The maximum atomic E-state index is 11.3. The Morgan fingerprint density at radius 3 is 2.56 bits per heavy atom. The number of nitrogens with one attached hydrogen (secondary N) is 1. The number of unbranched alkanes of at least 4 members (excludes halogenated alkanes) is 1. The third-order valence-corrected chi connectivity index (χ3v) is 3.38. The molecule has 0 saturated carbocycles. The summed E-state index contributed by atoms with van der Waals surface area (Å²) in [6.07, 6.45) is 2.82. The van der Waals surface area contributed by atoms with E-state index in [4.69, 9.17) is 10.5 Å². The molecule has 3 N–H and O–H groups in total. The average Bonchev–Trinajstić information content (AvgIpc) is 2.34. The van der Waals surface area contributed by atoms with Crippen molar-refractivity contribution in [1.82, 2.24) is 10.2 Å². The van der Waals surface area contributed by atoms with Crippen molar-refractivity contribution >= 4 is 5.91 Å². The van der Waals surface area contributed by atoms with E-state index in [1.807, 2.05) is 13.8 Å². The maximum Gasteiger partial charge on any atom is 0.237 e. The van der Waals surface area contributed by atoms with Gasteiger partial charge in [0.2, 0.25) is 5.91 Å². The minimum atomic E-state index is -0.579. The topological polar surface area (TPSA) is 67.6 Å². The molecule has 0 aromatic heterocycles. The molecule has 5 heteroatoms. The van der Waals surface area contributed by atoms with Crippen molar-refractivity contribution in [2.45, 2.75) is 38.6 Å². The minimum absolute atomic E-state index is 0.283. The van der Waals surface area contributed by atoms with Crippen molar-refractivity contribution in [1.29, 1.82) is 0 Å². The lowest BCUT2D eigenvalue weighted by atomic mass is 9.94. The second-order valence-corrected chi connectivity index (χ2v) is 4.90. The Labute approximate surface area is 111 Å². The van der Waals surface area contributed by atoms with Crippen LogP contribution < -0.4 is 11.1 Å². The maximum absolute atomic E-state index is 11.3. The molecular formula is C13H29N3O2. The lowest BCUT2D eigenvalue weighted by Gasteiger charge is -2.25. The Morgan fingerprint density at radius 1 is 1.39 bits per heavy atom. The largest absolute Gasteiger partial charge is 0.380 e. The first-order chi connectivity index (χ1) is 8.46. The lowest BCUT2D eigenvalue weighted by molar-refractivity contribution is -0.123. The van der Waals surface area contributed by atoms with Crippen LogP contribution >= 0.6 is 0 Å². The van der Waals surface area contributed by atoms with Crippen molar-refractivity contribution in [3.8, 4) is 0 Å². The van der Waals surface area contributed by atoms with E-state index in [1.165, 1.54) is 0 Å². The van der Waals surface area contributed by atoms with Gasteiger partial charge < -0.3 is 20.7 Å². The highest BCUT2D eigenvalue weighted by Crippen LogP contribution is 2.12. The van der Waals surface area contributed by atoms with Crippen LogP contribution in [-0.4, -0.2) is 56.7 Å². The van der Waals surface area contributed by atoms with Gasteiger partial charge in [0, 0.05) is 13.2 Å². The number of nitrogens with two attached hydrogens (primary N) is 1. The molecule has 0 aliphatic carbocycles. The van der Waals surface area contributed by atoms with Crippen LogP contribution in [0, 0.1) is 0 Å². The molecule has 0 saturated heterocycles. The fourth-order valence-corrected chi connectivity index (χ4v) is 1.71. The van der Waals surface area contributed by atoms with Gasteiger partial charge in [0.25, 0.3) is 0 Å². The average molecular weight is 259 g/mol. The van der Waals surface area contributed by atoms with Crippen LogP contribution in [0.2, 0.25) is 0 Å². The molecule has 0 spiro atoms. The lowest BCUT2D eigenvalue weighted by Crippen LogP contribution is -2.51. The van der Waals surface area contributed by atoms with E-state index in [0.717, 1.165) is 45.6 Å². The van der Waals surface area contributed by atoms with Crippen LogP contribution in [0.5, 0.6) is 0 Å². The number of amides is 1. The normalized spacial score (nSPS) is 14.7. The molecule has 1 amide bonds. The molecule has 0 bridgehead atoms. The van der Waals surface area contributed by atoms with E-state index in [-0.39, 0.29) is 5.91 Å². The predicted molar refractivity (Wildman–Crippen MR) is 74.5 cm³/mol. The van der Waals surface area contributed by atoms with Gasteiger partial charge in [-0.3, -0.25) is 4.79 Å². The Hall–Kier alpha value is -0.650. The van der Waals surface area contributed by atoms with Crippen LogP contribution in [0.4, 0.5) is 0 Å². The summed E-state index contributed by atoms with van der Waals surface area (Å²) in [5.74, 6) is -0.283. The van der Waals surface area contributed by atoms with Gasteiger partial charge in [-0.2, -0.15) is 0 Å². The second kappa shape index (κ2) is 9.30. The van der Waals surface area contributed by atoms with Gasteiger partial charge in [-0.25, -0.2) is 0 Å². The van der Waals surface area contributed by atoms with Gasteiger partial charge in [0.1, 0.15) is 0 Å². The molecule has 18 heavy (non-hydrogen) atoms. The molecule has 0 fully saturated rings. The summed E-state index contributed by atoms with van der Waals surface area (Å²) in [5, 5.41) is 3.00. The zero-order chi connectivity index (χ0) is 14.0. The first-order valence-corrected chi connectivity index (χ1v) is 6.71. The van der Waals surface area contributed by atoms with Crippen molar-refractivity contribution in [2.75, 3.05) is 40.4 Å². The predicted octanol–water partition coefficient (Wildman–Crippen LogP) is 0.588. The van der Waals surface area contributed by atoms with Crippen molar-refractivity contribution in [2.24, 2.45) is 5.73 Å². The van der Waals surface area contributed by atoms with E-state index in [1.54, 1.807) is 7.05 Å². The fourth-order valence-electron chi connectivity index (χ4n) is 1.71. The van der Waals surface area contributed by atoms with Gasteiger partial charge in [-0.15, -0.1) is 0 Å². The monoisotopic (exact) mass is 259 g/mol. The van der Waals surface area contributed by atoms with Gasteiger partial charge in [-0.05, 0) is 53.8 Å². The molecule has 1 unspecified atom stereocenters. The Morgan fingerprint density at radius 2 is 2.06 bits per heavy atom. The third kappa shape index (κ3) is 6.93. The van der Waals surface area contributed by atoms with E-state index in [0.29, 0.717) is 0 Å². The van der Waals surface area contributed by atoms with E-state index in [9.17, 15) is 4.79 Å². The zero-order valence-electron chi connectivity index (χ0n) is 12.3. The summed E-state index contributed by atoms with van der Waals surface area (Å²) < 4.78 is 5.30. The fraction of sp³-hybridized carbons (Fsp3) is 0.923. The number of hydrogen-bond donors (Lipinski definition) is 2. The van der Waals surface area contributed by atoms with Crippen LogP contribution in [0.15, 0.2) is 0 Å². The summed E-state index contributed by atoms with van der Waals surface area (Å²) in [7, 11) is 3.86. The number of ether oxygens (including phenoxy) is 1. The molecule has 5 nitrogen and oxygen atoms in total. The Kier molecular flexibility index (Phi) is 8.97. The van der Waals surface area contributed by atoms with Crippen molar-refractivity contribution in [3.05, 3.63) is 0 Å². The number of likely N-dealkylation sites (N-methyl/N-ethyl adjacent to an activating group) is 2. The van der Waals surface area contributed by atoms with E-state index < -0.39 is 5.54 Å². The number of carbonyl (C=O) groups is 1. The van der Waals surface area contributed by atoms with Gasteiger partial charge in [0.15, 0.2) is 0 Å². The number of rotatable bonds is 11. The van der Waals surface area contributed by atoms with Gasteiger partial charge in [0.05, 0.1) is 12.1 Å². The standard InChI is InChI=1S/C13H29N3O2/c1-5-18-11-10-16(4)9-7-6-8-13(2,15-3)12(14)17/h15H,5-11H2,1-4H3,(H2,14,17). The van der Waals surface area contributed by atoms with Crippen LogP contribution in [-0.2, 0) is 9.53 Å². The molecule has 0 aliphatic heterocycles. The van der Waals surface area contributed by atoms with Crippen LogP contribution in [0.1, 0.15) is 33.1 Å². The van der Waals surface area contributed by atoms with Crippen molar-refractivity contribution < 1.29 is 9.53 Å². The smallest absolute Gasteiger partial charge is 0.237 e. The highest BCUT2D eigenvalue weighted by molar-refractivity contribution is 5.84. The van der Waals surface area contributed by atoms with Gasteiger partial charge in [-0.1, -0.05) is 0 Å².